The second kappa shape index (κ2) is 11.6. The summed E-state index contributed by atoms with van der Waals surface area (Å²) in [5, 5.41) is 6.46. The van der Waals surface area contributed by atoms with Gasteiger partial charge in [-0.1, -0.05) is 0 Å². The molecule has 16 heteroatoms. The third-order valence-corrected chi connectivity index (χ3v) is 6.18. The summed E-state index contributed by atoms with van der Waals surface area (Å²) in [6, 6.07) is 2.06. The molecule has 1 fully saturated rings. The van der Waals surface area contributed by atoms with Gasteiger partial charge in [-0.15, -0.1) is 0 Å². The Bertz CT molecular complexity index is 1440. The number of imidazole rings is 1. The summed E-state index contributed by atoms with van der Waals surface area (Å²) >= 11 is 0. The van der Waals surface area contributed by atoms with Crippen molar-refractivity contribution in [1.29, 1.82) is 0 Å². The molecule has 12 nitrogen and oxygen atoms in total. The molecule has 5 N–H and O–H groups in total. The molecule has 1 aliphatic rings. The number of aromatic nitrogens is 7. The number of nitrogens with one attached hydrogen (secondary N) is 1. The molecule has 1 atom stereocenters. The van der Waals surface area contributed by atoms with E-state index in [9.17, 15) is 22.4 Å². The smallest absolute Gasteiger partial charge is 0.382 e. The van der Waals surface area contributed by atoms with Gasteiger partial charge in [-0.25, -0.2) is 29.0 Å². The van der Waals surface area contributed by atoms with Gasteiger partial charge in [-0.3, -0.25) is 4.79 Å². The summed E-state index contributed by atoms with van der Waals surface area (Å²) in [4.78, 5) is 27.6. The average molecular weight is 550 g/mol. The summed E-state index contributed by atoms with van der Waals surface area (Å²) in [6.07, 6.45) is 0.435. The SMILES string of the molecule is CCn1ncnc1CNC=O.Nc1ncnc2c1ncn2Cc1c(N2CCC(N)C2)ccc(F)c1C(F)(F)F. The molecule has 5 rings (SSSR count). The van der Waals surface area contributed by atoms with Crippen LogP contribution in [-0.2, 0) is 30.6 Å². The number of alkyl halides is 3. The number of rotatable bonds is 7. The number of amides is 1. The highest BCUT2D eigenvalue weighted by Crippen LogP contribution is 2.39. The quantitative estimate of drug-likeness (QED) is 0.230. The first-order valence-corrected chi connectivity index (χ1v) is 12.0. The van der Waals surface area contributed by atoms with Crippen LogP contribution in [0.4, 0.5) is 29.1 Å². The Morgan fingerprint density at radius 2 is 1.97 bits per heavy atom. The predicted molar refractivity (Wildman–Crippen MR) is 134 cm³/mol. The highest BCUT2D eigenvalue weighted by molar-refractivity contribution is 5.81. The zero-order chi connectivity index (χ0) is 28.2. The monoisotopic (exact) mass is 549 g/mol. The van der Waals surface area contributed by atoms with Gasteiger partial charge in [0.15, 0.2) is 11.5 Å². The highest BCUT2D eigenvalue weighted by atomic mass is 19.4. The number of benzene rings is 1. The maximum atomic E-state index is 14.3. The van der Waals surface area contributed by atoms with Gasteiger partial charge in [-0.05, 0) is 25.5 Å². The molecular formula is C23H27F4N11O. The van der Waals surface area contributed by atoms with Crippen molar-refractivity contribution in [2.75, 3.05) is 23.7 Å². The first kappa shape index (κ1) is 27.7. The average Bonchev–Trinajstić information content (AvgIpc) is 3.63. The lowest BCUT2D eigenvalue weighted by atomic mass is 10.0. The zero-order valence-electron chi connectivity index (χ0n) is 20.9. The van der Waals surface area contributed by atoms with E-state index in [-0.39, 0.29) is 35.1 Å². The van der Waals surface area contributed by atoms with Crippen LogP contribution in [0, 0.1) is 5.82 Å². The molecule has 1 aromatic carbocycles. The largest absolute Gasteiger partial charge is 0.419 e. The minimum atomic E-state index is -4.86. The number of nitrogen functional groups attached to an aromatic ring is 1. The lowest BCUT2D eigenvalue weighted by molar-refractivity contribution is -0.140. The van der Waals surface area contributed by atoms with Gasteiger partial charge < -0.3 is 26.3 Å². The number of halogens is 4. The Kier molecular flexibility index (Phi) is 8.23. The molecule has 0 radical (unpaired) electrons. The standard InChI is InChI=1S/C17H17F4N7.C6H10N4O/c18-11-1-2-12(27-4-3-9(22)5-27)10(13(11)17(19,20)21)6-28-8-26-14-15(23)24-7-25-16(14)28;1-2-10-6(3-7-5-11)8-4-9-10/h1-2,7-9H,3-6,22H2,(H2,23,24,25);4-5H,2-3H2,1H3,(H,7,11). The molecule has 1 saturated heterocycles. The normalized spacial score (nSPS) is 15.3. The molecule has 39 heavy (non-hydrogen) atoms. The van der Waals surface area contributed by atoms with Crippen molar-refractivity contribution in [2.24, 2.45) is 5.73 Å². The van der Waals surface area contributed by atoms with Crippen molar-refractivity contribution in [3.8, 4) is 0 Å². The number of fused-ring (bicyclic) bond motifs is 1. The summed E-state index contributed by atoms with van der Waals surface area (Å²) in [7, 11) is 0. The number of nitrogens with two attached hydrogens (primary N) is 2. The topological polar surface area (TPSA) is 159 Å². The van der Waals surface area contributed by atoms with Crippen LogP contribution in [0.1, 0.15) is 30.3 Å². The van der Waals surface area contributed by atoms with Crippen molar-refractivity contribution in [3.63, 3.8) is 0 Å². The first-order chi connectivity index (χ1) is 18.6. The molecule has 1 aliphatic heterocycles. The van der Waals surface area contributed by atoms with Gasteiger partial charge in [0.25, 0.3) is 0 Å². The van der Waals surface area contributed by atoms with Gasteiger partial charge in [0.1, 0.15) is 29.8 Å². The summed E-state index contributed by atoms with van der Waals surface area (Å²) in [5.74, 6) is -0.433. The van der Waals surface area contributed by atoms with Crippen LogP contribution >= 0.6 is 0 Å². The van der Waals surface area contributed by atoms with Crippen LogP contribution in [0.5, 0.6) is 0 Å². The minimum absolute atomic E-state index is 0.116. The molecule has 0 spiro atoms. The number of carbonyl (C=O) groups excluding carboxylic acids is 1. The fourth-order valence-corrected chi connectivity index (χ4v) is 4.38. The number of nitrogens with zero attached hydrogens (tertiary/aromatic N) is 8. The van der Waals surface area contributed by atoms with Crippen molar-refractivity contribution in [2.45, 2.75) is 45.2 Å². The first-order valence-electron chi connectivity index (χ1n) is 12.0. The molecule has 208 valence electrons. The fourth-order valence-electron chi connectivity index (χ4n) is 4.38. The van der Waals surface area contributed by atoms with Crippen LogP contribution < -0.4 is 21.7 Å². The van der Waals surface area contributed by atoms with Crippen LogP contribution in [0.2, 0.25) is 0 Å². The molecule has 1 unspecified atom stereocenters. The van der Waals surface area contributed by atoms with Crippen molar-refractivity contribution in [3.05, 3.63) is 53.9 Å². The predicted octanol–water partition coefficient (Wildman–Crippen LogP) is 1.70. The zero-order valence-corrected chi connectivity index (χ0v) is 20.9. The van der Waals surface area contributed by atoms with E-state index in [1.807, 2.05) is 6.92 Å². The van der Waals surface area contributed by atoms with Crippen molar-refractivity contribution in [1.82, 2.24) is 39.6 Å². The Morgan fingerprint density at radius 1 is 1.18 bits per heavy atom. The number of aryl methyl sites for hydroxylation is 1. The van der Waals surface area contributed by atoms with Crippen molar-refractivity contribution < 1.29 is 22.4 Å². The van der Waals surface area contributed by atoms with E-state index in [0.717, 1.165) is 18.4 Å². The van der Waals surface area contributed by atoms with E-state index >= 15 is 0 Å². The van der Waals surface area contributed by atoms with Crippen LogP contribution in [-0.4, -0.2) is 59.8 Å². The van der Waals surface area contributed by atoms with E-state index in [4.69, 9.17) is 11.5 Å². The fraction of sp³-hybridized carbons (Fsp3) is 0.391. The van der Waals surface area contributed by atoms with Crippen LogP contribution in [0.25, 0.3) is 11.2 Å². The minimum Gasteiger partial charge on any atom is -0.382 e. The van der Waals surface area contributed by atoms with Gasteiger partial charge in [-0.2, -0.15) is 18.3 Å². The van der Waals surface area contributed by atoms with Gasteiger partial charge in [0.2, 0.25) is 6.41 Å². The highest BCUT2D eigenvalue weighted by Gasteiger charge is 2.39. The molecule has 3 aromatic heterocycles. The summed E-state index contributed by atoms with van der Waals surface area (Å²) < 4.78 is 58.5. The molecular weight excluding hydrogens is 522 g/mol. The van der Waals surface area contributed by atoms with Crippen LogP contribution in [0.15, 0.2) is 31.1 Å². The molecule has 4 heterocycles. The van der Waals surface area contributed by atoms with E-state index < -0.39 is 17.6 Å². The van der Waals surface area contributed by atoms with E-state index in [1.54, 1.807) is 9.58 Å². The number of anilines is 2. The number of hydrogen-bond acceptors (Lipinski definition) is 9. The van der Waals surface area contributed by atoms with E-state index in [0.29, 0.717) is 38.2 Å². The molecule has 0 saturated carbocycles. The Hall–Kier alpha value is -4.34. The maximum Gasteiger partial charge on any atom is 0.419 e. The lowest BCUT2D eigenvalue weighted by Crippen LogP contribution is -2.28. The second-order valence-electron chi connectivity index (χ2n) is 8.71. The molecule has 1 amide bonds. The van der Waals surface area contributed by atoms with Gasteiger partial charge in [0.05, 0.1) is 25.0 Å². The maximum absolute atomic E-state index is 14.3. The number of carbonyl (C=O) groups is 1. The summed E-state index contributed by atoms with van der Waals surface area (Å²) in [5.41, 5.74) is 11.0. The van der Waals surface area contributed by atoms with E-state index in [2.05, 4.69) is 30.4 Å². The van der Waals surface area contributed by atoms with Crippen LogP contribution in [0.3, 0.4) is 0 Å². The Balaban J connectivity index is 0.000000270. The number of hydrogen-bond donors (Lipinski definition) is 3. The van der Waals surface area contributed by atoms with Gasteiger partial charge in [0, 0.05) is 36.9 Å². The third-order valence-electron chi connectivity index (χ3n) is 6.18. The summed E-state index contributed by atoms with van der Waals surface area (Å²) in [6.45, 7) is 3.81. The Labute approximate surface area is 220 Å². The molecule has 4 aromatic rings. The second-order valence-corrected chi connectivity index (χ2v) is 8.71. The Morgan fingerprint density at radius 3 is 2.64 bits per heavy atom. The van der Waals surface area contributed by atoms with Gasteiger partial charge >= 0.3 is 6.18 Å². The molecule has 0 bridgehead atoms. The van der Waals surface area contributed by atoms with Crippen molar-refractivity contribution >= 4 is 29.1 Å². The molecule has 0 aliphatic carbocycles. The third kappa shape index (κ3) is 6.05. The lowest BCUT2D eigenvalue weighted by Gasteiger charge is -2.25. The van der Waals surface area contributed by atoms with E-state index in [1.165, 1.54) is 29.6 Å².